The predicted molar refractivity (Wildman–Crippen MR) is 127 cm³/mol. The van der Waals surface area contributed by atoms with E-state index in [0.717, 1.165) is 24.2 Å². The first-order valence-corrected chi connectivity index (χ1v) is 9.43. The van der Waals surface area contributed by atoms with Crippen LogP contribution in [0.1, 0.15) is 18.4 Å². The molecular weight excluding hydrogens is 512 g/mol. The van der Waals surface area contributed by atoms with Crippen LogP contribution < -0.4 is 16.0 Å². The minimum atomic E-state index is -0.0303. The molecule has 0 atom stereocenters. The Balaban J connectivity index is 0.00000392. The van der Waals surface area contributed by atoms with Crippen LogP contribution in [-0.4, -0.2) is 37.0 Å². The molecule has 9 heteroatoms. The van der Waals surface area contributed by atoms with Crippen molar-refractivity contribution >= 4 is 64.7 Å². The van der Waals surface area contributed by atoms with Gasteiger partial charge in [-0.15, -0.1) is 24.0 Å². The molecular formula is C19H24Cl2IN5O. The van der Waals surface area contributed by atoms with Crippen LogP contribution in [0.15, 0.2) is 47.6 Å². The van der Waals surface area contributed by atoms with Gasteiger partial charge in [0.05, 0.1) is 0 Å². The number of nitrogens with zero attached hydrogens (tertiary/aromatic N) is 2. The van der Waals surface area contributed by atoms with Crippen molar-refractivity contribution in [3.8, 4) is 0 Å². The Hall–Kier alpha value is -1.58. The average Bonchev–Trinajstić information content (AvgIpc) is 2.67. The lowest BCUT2D eigenvalue weighted by Gasteiger charge is -2.12. The molecule has 0 saturated carbocycles. The van der Waals surface area contributed by atoms with Crippen molar-refractivity contribution < 1.29 is 4.79 Å². The van der Waals surface area contributed by atoms with Gasteiger partial charge in [-0.3, -0.25) is 9.79 Å². The molecule has 0 aliphatic heterocycles. The SMILES string of the molecule is CN=C(NCCCC(=O)Nc1ccc(Cl)cc1)NCCc1ccc(Cl)nc1.I. The van der Waals surface area contributed by atoms with Gasteiger partial charge in [-0.25, -0.2) is 4.98 Å². The molecule has 1 aromatic heterocycles. The monoisotopic (exact) mass is 535 g/mol. The molecule has 6 nitrogen and oxygen atoms in total. The third-order valence-corrected chi connectivity index (χ3v) is 4.19. The molecule has 1 heterocycles. The second-order valence-electron chi connectivity index (χ2n) is 5.82. The summed E-state index contributed by atoms with van der Waals surface area (Å²) in [6.07, 6.45) is 3.69. The number of pyridine rings is 1. The molecule has 0 saturated heterocycles. The normalized spacial score (nSPS) is 10.8. The average molecular weight is 536 g/mol. The fourth-order valence-corrected chi connectivity index (χ4v) is 2.55. The van der Waals surface area contributed by atoms with Gasteiger partial charge in [-0.1, -0.05) is 29.3 Å². The molecule has 1 aromatic carbocycles. The van der Waals surface area contributed by atoms with Gasteiger partial charge in [0, 0.05) is 43.5 Å². The van der Waals surface area contributed by atoms with Crippen LogP contribution in [-0.2, 0) is 11.2 Å². The van der Waals surface area contributed by atoms with Gasteiger partial charge in [-0.05, 0) is 48.7 Å². The molecule has 2 rings (SSSR count). The topological polar surface area (TPSA) is 78.4 Å². The van der Waals surface area contributed by atoms with E-state index >= 15 is 0 Å². The zero-order chi connectivity index (χ0) is 19.5. The third kappa shape index (κ3) is 9.57. The van der Waals surface area contributed by atoms with Crippen LogP contribution in [0.5, 0.6) is 0 Å². The van der Waals surface area contributed by atoms with E-state index in [0.29, 0.717) is 35.5 Å². The lowest BCUT2D eigenvalue weighted by atomic mass is 10.2. The van der Waals surface area contributed by atoms with Gasteiger partial charge in [0.15, 0.2) is 5.96 Å². The smallest absolute Gasteiger partial charge is 0.224 e. The number of hydrogen-bond donors (Lipinski definition) is 3. The number of rotatable bonds is 8. The number of carbonyl (C=O) groups excluding carboxylic acids is 1. The van der Waals surface area contributed by atoms with Gasteiger partial charge >= 0.3 is 0 Å². The minimum Gasteiger partial charge on any atom is -0.356 e. The maximum atomic E-state index is 11.9. The molecule has 0 aliphatic carbocycles. The summed E-state index contributed by atoms with van der Waals surface area (Å²) < 4.78 is 0. The van der Waals surface area contributed by atoms with Crippen molar-refractivity contribution in [1.82, 2.24) is 15.6 Å². The third-order valence-electron chi connectivity index (χ3n) is 3.72. The Morgan fingerprint density at radius 1 is 1.07 bits per heavy atom. The van der Waals surface area contributed by atoms with E-state index in [-0.39, 0.29) is 29.9 Å². The summed E-state index contributed by atoms with van der Waals surface area (Å²) in [5.74, 6) is 0.673. The predicted octanol–water partition coefficient (Wildman–Crippen LogP) is 4.13. The maximum Gasteiger partial charge on any atom is 0.224 e. The Morgan fingerprint density at radius 2 is 1.79 bits per heavy atom. The fraction of sp³-hybridized carbons (Fsp3) is 0.316. The molecule has 0 spiro atoms. The van der Waals surface area contributed by atoms with E-state index < -0.39 is 0 Å². The highest BCUT2D eigenvalue weighted by molar-refractivity contribution is 14.0. The quantitative estimate of drug-likeness (QED) is 0.156. The van der Waals surface area contributed by atoms with Crippen LogP contribution in [0.2, 0.25) is 10.2 Å². The number of aliphatic imine (C=N–C) groups is 1. The van der Waals surface area contributed by atoms with Crippen LogP contribution >= 0.6 is 47.2 Å². The highest BCUT2D eigenvalue weighted by Crippen LogP contribution is 2.13. The number of halogens is 3. The van der Waals surface area contributed by atoms with Gasteiger partial charge in [-0.2, -0.15) is 0 Å². The summed E-state index contributed by atoms with van der Waals surface area (Å²) >= 11 is 11.6. The number of nitrogens with one attached hydrogen (secondary N) is 3. The number of aromatic nitrogens is 1. The molecule has 0 fully saturated rings. The zero-order valence-electron chi connectivity index (χ0n) is 15.5. The molecule has 0 unspecified atom stereocenters. The van der Waals surface area contributed by atoms with Crippen molar-refractivity contribution in [3.05, 3.63) is 58.3 Å². The molecule has 1 amide bonds. The van der Waals surface area contributed by atoms with Gasteiger partial charge in [0.1, 0.15) is 5.15 Å². The van der Waals surface area contributed by atoms with Crippen molar-refractivity contribution in [2.75, 3.05) is 25.5 Å². The van der Waals surface area contributed by atoms with E-state index in [9.17, 15) is 4.79 Å². The molecule has 0 radical (unpaired) electrons. The highest BCUT2D eigenvalue weighted by Gasteiger charge is 2.03. The second-order valence-corrected chi connectivity index (χ2v) is 6.65. The van der Waals surface area contributed by atoms with E-state index in [1.807, 2.05) is 6.07 Å². The lowest BCUT2D eigenvalue weighted by molar-refractivity contribution is -0.116. The standard InChI is InChI=1S/C19H23Cl2N5O.HI/c1-22-19(24-12-10-14-4-9-17(21)25-13-14)23-11-2-3-18(27)26-16-7-5-15(20)6-8-16;/h4-9,13H,2-3,10-12H2,1H3,(H,26,27)(H2,22,23,24);1H. The zero-order valence-corrected chi connectivity index (χ0v) is 19.4. The van der Waals surface area contributed by atoms with Gasteiger partial charge < -0.3 is 16.0 Å². The molecule has 28 heavy (non-hydrogen) atoms. The lowest BCUT2D eigenvalue weighted by Crippen LogP contribution is -2.38. The van der Waals surface area contributed by atoms with Gasteiger partial charge in [0.25, 0.3) is 0 Å². The largest absolute Gasteiger partial charge is 0.356 e. The minimum absolute atomic E-state index is 0. The fourth-order valence-electron chi connectivity index (χ4n) is 2.31. The van der Waals surface area contributed by atoms with Crippen molar-refractivity contribution in [1.29, 1.82) is 0 Å². The number of amides is 1. The summed E-state index contributed by atoms with van der Waals surface area (Å²) in [5, 5.41) is 10.4. The van der Waals surface area contributed by atoms with E-state index in [4.69, 9.17) is 23.2 Å². The van der Waals surface area contributed by atoms with E-state index in [1.54, 1.807) is 43.6 Å². The Morgan fingerprint density at radius 3 is 2.43 bits per heavy atom. The van der Waals surface area contributed by atoms with Crippen LogP contribution in [0, 0.1) is 0 Å². The van der Waals surface area contributed by atoms with Crippen molar-refractivity contribution in [3.63, 3.8) is 0 Å². The Bertz CT molecular complexity index is 754. The summed E-state index contributed by atoms with van der Waals surface area (Å²) in [7, 11) is 1.71. The first kappa shape index (κ1) is 24.5. The van der Waals surface area contributed by atoms with Crippen LogP contribution in [0.3, 0.4) is 0 Å². The summed E-state index contributed by atoms with van der Waals surface area (Å²) in [5.41, 5.74) is 1.84. The van der Waals surface area contributed by atoms with E-state index in [2.05, 4.69) is 25.9 Å². The summed E-state index contributed by atoms with van der Waals surface area (Å²) in [6, 6.07) is 10.8. The van der Waals surface area contributed by atoms with Crippen LogP contribution in [0.25, 0.3) is 0 Å². The molecule has 152 valence electrons. The van der Waals surface area contributed by atoms with E-state index in [1.165, 1.54) is 0 Å². The summed E-state index contributed by atoms with van der Waals surface area (Å²) in [6.45, 7) is 1.37. The number of hydrogen-bond acceptors (Lipinski definition) is 3. The first-order chi connectivity index (χ1) is 13.1. The molecule has 3 N–H and O–H groups in total. The Labute approximate surface area is 192 Å². The maximum absolute atomic E-state index is 11.9. The Kier molecular flexibility index (Phi) is 11.9. The molecule has 2 aromatic rings. The number of benzene rings is 1. The van der Waals surface area contributed by atoms with Crippen molar-refractivity contribution in [2.45, 2.75) is 19.3 Å². The first-order valence-electron chi connectivity index (χ1n) is 8.67. The number of anilines is 1. The van der Waals surface area contributed by atoms with Gasteiger partial charge in [0.2, 0.25) is 5.91 Å². The second kappa shape index (κ2) is 13.6. The number of carbonyl (C=O) groups is 1. The summed E-state index contributed by atoms with van der Waals surface area (Å²) in [4.78, 5) is 20.2. The van der Waals surface area contributed by atoms with Crippen LogP contribution in [0.4, 0.5) is 5.69 Å². The highest BCUT2D eigenvalue weighted by atomic mass is 127. The van der Waals surface area contributed by atoms with Crippen molar-refractivity contribution in [2.24, 2.45) is 4.99 Å². The molecule has 0 bridgehead atoms. The molecule has 0 aliphatic rings. The number of guanidine groups is 1.